The van der Waals surface area contributed by atoms with E-state index in [2.05, 4.69) is 5.32 Å². The summed E-state index contributed by atoms with van der Waals surface area (Å²) < 4.78 is 5.94. The van der Waals surface area contributed by atoms with E-state index in [0.29, 0.717) is 21.3 Å². The van der Waals surface area contributed by atoms with Crippen molar-refractivity contribution in [2.24, 2.45) is 0 Å². The van der Waals surface area contributed by atoms with E-state index in [1.807, 2.05) is 28.7 Å². The third-order valence-corrected chi connectivity index (χ3v) is 4.44. The molecule has 2 aromatic carbocycles. The molecule has 0 aliphatic rings. The van der Waals surface area contributed by atoms with E-state index < -0.39 is 18.0 Å². The Balaban J connectivity index is 2.04. The van der Waals surface area contributed by atoms with Crippen LogP contribution in [-0.2, 0) is 9.53 Å². The third kappa shape index (κ3) is 4.83. The third-order valence-electron chi connectivity index (χ3n) is 2.93. The lowest BCUT2D eigenvalue weighted by Gasteiger charge is -2.15. The highest BCUT2D eigenvalue weighted by Crippen LogP contribution is 2.25. The van der Waals surface area contributed by atoms with Crippen LogP contribution >= 0.6 is 45.8 Å². The first kappa shape index (κ1) is 18.0. The quantitative estimate of drug-likeness (QED) is 0.524. The summed E-state index contributed by atoms with van der Waals surface area (Å²) >= 11 is 13.9. The normalized spacial score (nSPS) is 11.7. The largest absolute Gasteiger partial charge is 0.449 e. The summed E-state index contributed by atoms with van der Waals surface area (Å²) in [5.41, 5.74) is 0.773. The second-order valence-corrected chi connectivity index (χ2v) is 6.65. The fourth-order valence-electron chi connectivity index (χ4n) is 1.73. The second kappa shape index (κ2) is 7.99. The molecule has 0 saturated heterocycles. The van der Waals surface area contributed by atoms with Crippen LogP contribution in [0.4, 0.5) is 5.69 Å². The van der Waals surface area contributed by atoms with Crippen LogP contribution in [0.5, 0.6) is 0 Å². The van der Waals surface area contributed by atoms with Crippen molar-refractivity contribution in [2.75, 3.05) is 5.32 Å². The van der Waals surface area contributed by atoms with Crippen LogP contribution in [0.2, 0.25) is 10.0 Å². The van der Waals surface area contributed by atoms with Gasteiger partial charge in [-0.05, 0) is 59.8 Å². The zero-order valence-electron chi connectivity index (χ0n) is 12.0. The van der Waals surface area contributed by atoms with E-state index >= 15 is 0 Å². The fourth-order valence-corrected chi connectivity index (χ4v) is 2.68. The molecule has 4 nitrogen and oxygen atoms in total. The highest BCUT2D eigenvalue weighted by atomic mass is 127. The van der Waals surface area contributed by atoms with Crippen LogP contribution in [0, 0.1) is 3.57 Å². The summed E-state index contributed by atoms with van der Waals surface area (Å²) in [6.45, 7) is 1.49. The van der Waals surface area contributed by atoms with Crippen LogP contribution in [0.25, 0.3) is 0 Å². The molecule has 0 spiro atoms. The van der Waals surface area contributed by atoms with Crippen molar-refractivity contribution in [1.82, 2.24) is 0 Å². The fraction of sp³-hybridized carbons (Fsp3) is 0.125. The molecule has 1 N–H and O–H groups in total. The van der Waals surface area contributed by atoms with Crippen LogP contribution in [0.1, 0.15) is 17.3 Å². The molecule has 0 aromatic heterocycles. The summed E-state index contributed by atoms with van der Waals surface area (Å²) in [5, 5.41) is 3.37. The summed E-state index contributed by atoms with van der Waals surface area (Å²) in [5.74, 6) is -1.05. The van der Waals surface area contributed by atoms with E-state index in [0.717, 1.165) is 3.57 Å². The Morgan fingerprint density at radius 3 is 2.57 bits per heavy atom. The number of hydrogen-bond acceptors (Lipinski definition) is 3. The Morgan fingerprint density at radius 1 is 1.17 bits per heavy atom. The van der Waals surface area contributed by atoms with Gasteiger partial charge in [-0.3, -0.25) is 4.79 Å². The lowest BCUT2D eigenvalue weighted by molar-refractivity contribution is -0.123. The minimum Gasteiger partial charge on any atom is -0.449 e. The van der Waals surface area contributed by atoms with Crippen LogP contribution in [0.15, 0.2) is 42.5 Å². The average Bonchev–Trinajstić information content (AvgIpc) is 2.51. The van der Waals surface area contributed by atoms with Gasteiger partial charge in [0.25, 0.3) is 5.91 Å². The molecule has 23 heavy (non-hydrogen) atoms. The van der Waals surface area contributed by atoms with Gasteiger partial charge < -0.3 is 10.1 Å². The number of esters is 1. The summed E-state index contributed by atoms with van der Waals surface area (Å²) in [4.78, 5) is 24.2. The van der Waals surface area contributed by atoms with Gasteiger partial charge in [-0.25, -0.2) is 4.79 Å². The molecular weight excluding hydrogens is 452 g/mol. The van der Waals surface area contributed by atoms with E-state index in [9.17, 15) is 9.59 Å². The smallest absolute Gasteiger partial charge is 0.339 e. The maximum Gasteiger partial charge on any atom is 0.339 e. The number of amides is 1. The molecule has 1 unspecified atom stereocenters. The summed E-state index contributed by atoms with van der Waals surface area (Å²) in [7, 11) is 0. The van der Waals surface area contributed by atoms with E-state index in [1.54, 1.807) is 30.3 Å². The first-order valence-electron chi connectivity index (χ1n) is 6.60. The number of ether oxygens (including phenoxy) is 1. The monoisotopic (exact) mass is 463 g/mol. The number of anilines is 1. The molecule has 7 heteroatoms. The topological polar surface area (TPSA) is 55.4 Å². The highest BCUT2D eigenvalue weighted by Gasteiger charge is 2.21. The van der Waals surface area contributed by atoms with Crippen LogP contribution in [-0.4, -0.2) is 18.0 Å². The molecule has 0 bridgehead atoms. The molecular formula is C16H12Cl2INO3. The molecule has 2 rings (SSSR count). The number of carbonyl (C=O) groups is 2. The number of halogens is 3. The minimum atomic E-state index is -0.978. The number of carbonyl (C=O) groups excluding carboxylic acids is 2. The molecule has 0 aliphatic heterocycles. The van der Waals surface area contributed by atoms with Crippen LogP contribution < -0.4 is 5.32 Å². The molecule has 0 radical (unpaired) electrons. The zero-order valence-corrected chi connectivity index (χ0v) is 15.6. The molecule has 1 atom stereocenters. The molecule has 0 fully saturated rings. The molecule has 0 saturated carbocycles. The Kier molecular flexibility index (Phi) is 6.26. The maximum absolute atomic E-state index is 12.1. The van der Waals surface area contributed by atoms with E-state index in [4.69, 9.17) is 27.9 Å². The van der Waals surface area contributed by atoms with E-state index in [1.165, 1.54) is 13.0 Å². The Bertz CT molecular complexity index is 752. The summed E-state index contributed by atoms with van der Waals surface area (Å²) in [6, 6.07) is 11.7. The van der Waals surface area contributed by atoms with Gasteiger partial charge in [0.05, 0.1) is 16.3 Å². The number of benzene rings is 2. The SMILES string of the molecule is CC(OC(=O)c1ccccc1I)C(=O)Nc1cc(Cl)ccc1Cl. The highest BCUT2D eigenvalue weighted by molar-refractivity contribution is 14.1. The second-order valence-electron chi connectivity index (χ2n) is 4.64. The molecule has 0 aliphatic carbocycles. The van der Waals surface area contributed by atoms with Gasteiger partial charge in [0.15, 0.2) is 6.10 Å². The lowest BCUT2D eigenvalue weighted by Crippen LogP contribution is -2.30. The van der Waals surface area contributed by atoms with Gasteiger partial charge >= 0.3 is 5.97 Å². The number of nitrogens with one attached hydrogen (secondary N) is 1. The van der Waals surface area contributed by atoms with Crippen LogP contribution in [0.3, 0.4) is 0 Å². The first-order valence-corrected chi connectivity index (χ1v) is 8.43. The standard InChI is InChI=1S/C16H12Cl2INO3/c1-9(23-16(22)11-4-2-3-5-13(11)19)15(21)20-14-8-10(17)6-7-12(14)18/h2-9H,1H3,(H,20,21). The van der Waals surface area contributed by atoms with Crippen molar-refractivity contribution in [1.29, 1.82) is 0 Å². The van der Waals surface area contributed by atoms with Crippen molar-refractivity contribution in [3.8, 4) is 0 Å². The van der Waals surface area contributed by atoms with Crippen molar-refractivity contribution in [3.63, 3.8) is 0 Å². The van der Waals surface area contributed by atoms with Crippen molar-refractivity contribution in [3.05, 3.63) is 61.6 Å². The van der Waals surface area contributed by atoms with Gasteiger partial charge in [-0.2, -0.15) is 0 Å². The van der Waals surface area contributed by atoms with Gasteiger partial charge in [0, 0.05) is 8.59 Å². The van der Waals surface area contributed by atoms with Gasteiger partial charge in [-0.15, -0.1) is 0 Å². The molecule has 2 aromatic rings. The Morgan fingerprint density at radius 2 is 1.87 bits per heavy atom. The lowest BCUT2D eigenvalue weighted by atomic mass is 10.2. The molecule has 1 amide bonds. The predicted octanol–water partition coefficient (Wildman–Crippen LogP) is 4.78. The number of hydrogen-bond donors (Lipinski definition) is 1. The average molecular weight is 464 g/mol. The first-order chi connectivity index (χ1) is 10.9. The summed E-state index contributed by atoms with van der Waals surface area (Å²) in [6.07, 6.45) is -0.978. The van der Waals surface area contributed by atoms with Crippen molar-refractivity contribution >= 4 is 63.4 Å². The Hall–Kier alpha value is -1.31. The maximum atomic E-state index is 12.1. The van der Waals surface area contributed by atoms with E-state index in [-0.39, 0.29) is 0 Å². The minimum absolute atomic E-state index is 0.346. The van der Waals surface area contributed by atoms with Crippen molar-refractivity contribution < 1.29 is 14.3 Å². The number of rotatable bonds is 4. The van der Waals surface area contributed by atoms with Crippen molar-refractivity contribution in [2.45, 2.75) is 13.0 Å². The molecule has 120 valence electrons. The zero-order chi connectivity index (χ0) is 17.0. The van der Waals surface area contributed by atoms with Gasteiger partial charge in [0.1, 0.15) is 0 Å². The molecule has 0 heterocycles. The van der Waals surface area contributed by atoms with Gasteiger partial charge in [-0.1, -0.05) is 35.3 Å². The Labute approximate surface area is 157 Å². The van der Waals surface area contributed by atoms with Gasteiger partial charge in [0.2, 0.25) is 0 Å². The predicted molar refractivity (Wildman–Crippen MR) is 99.1 cm³/mol.